The van der Waals surface area contributed by atoms with E-state index >= 15 is 0 Å². The smallest absolute Gasteiger partial charge is 0.243 e. The first kappa shape index (κ1) is 15.5. The first-order valence-corrected chi connectivity index (χ1v) is 8.63. The Labute approximate surface area is 122 Å². The molecule has 1 fully saturated rings. The van der Waals surface area contributed by atoms with Crippen LogP contribution in [0.2, 0.25) is 0 Å². The van der Waals surface area contributed by atoms with Crippen molar-refractivity contribution >= 4 is 10.0 Å². The second kappa shape index (κ2) is 6.24. The third-order valence-electron chi connectivity index (χ3n) is 4.21. The van der Waals surface area contributed by atoms with Crippen LogP contribution in [0.3, 0.4) is 0 Å². The summed E-state index contributed by atoms with van der Waals surface area (Å²) in [5.74, 6) is 0.383. The Morgan fingerprint density at radius 1 is 1.40 bits per heavy atom. The summed E-state index contributed by atoms with van der Waals surface area (Å²) in [6.45, 7) is 5.27. The van der Waals surface area contributed by atoms with Crippen molar-refractivity contribution < 1.29 is 8.42 Å². The molecule has 0 amide bonds. The molecule has 0 radical (unpaired) electrons. The van der Waals surface area contributed by atoms with Crippen molar-refractivity contribution in [2.45, 2.75) is 37.6 Å². The number of aryl methyl sites for hydroxylation is 1. The third-order valence-corrected chi connectivity index (χ3v) is 6.07. The zero-order valence-electron chi connectivity index (χ0n) is 12.5. The van der Waals surface area contributed by atoms with Crippen LogP contribution in [-0.4, -0.2) is 38.9 Å². The van der Waals surface area contributed by atoms with Gasteiger partial charge in [-0.3, -0.25) is 0 Å². The van der Waals surface area contributed by atoms with Gasteiger partial charge in [0.2, 0.25) is 10.0 Å². The Kier molecular flexibility index (Phi) is 4.83. The Balaban J connectivity index is 2.21. The van der Waals surface area contributed by atoms with E-state index in [1.165, 1.54) is 0 Å². The number of nitrogens with one attached hydrogen (secondary N) is 1. The largest absolute Gasteiger partial charge is 0.317 e. The molecule has 2 atom stereocenters. The summed E-state index contributed by atoms with van der Waals surface area (Å²) < 4.78 is 27.0. The van der Waals surface area contributed by atoms with Gasteiger partial charge < -0.3 is 5.32 Å². The van der Waals surface area contributed by atoms with Crippen LogP contribution in [-0.2, 0) is 10.0 Å². The minimum atomic E-state index is -3.35. The molecule has 2 unspecified atom stereocenters. The number of rotatable bonds is 4. The van der Waals surface area contributed by atoms with Gasteiger partial charge in [0, 0.05) is 19.1 Å². The van der Waals surface area contributed by atoms with Crippen LogP contribution >= 0.6 is 0 Å². The van der Waals surface area contributed by atoms with Gasteiger partial charge in [-0.25, -0.2) is 8.42 Å². The Hall–Kier alpha value is -0.910. The molecule has 0 spiro atoms. The van der Waals surface area contributed by atoms with Crippen LogP contribution in [0.1, 0.15) is 25.3 Å². The minimum absolute atomic E-state index is 0.338. The average Bonchev–Trinajstić information content (AvgIpc) is 2.46. The summed E-state index contributed by atoms with van der Waals surface area (Å²) in [4.78, 5) is 0.412. The van der Waals surface area contributed by atoms with Crippen molar-refractivity contribution in [1.82, 2.24) is 9.62 Å². The Morgan fingerprint density at radius 2 is 2.15 bits per heavy atom. The predicted molar refractivity (Wildman–Crippen MR) is 81.2 cm³/mol. The van der Waals surface area contributed by atoms with Gasteiger partial charge in [-0.1, -0.05) is 12.1 Å². The molecule has 1 aromatic rings. The van der Waals surface area contributed by atoms with E-state index < -0.39 is 10.0 Å². The maximum Gasteiger partial charge on any atom is 0.243 e. The fourth-order valence-electron chi connectivity index (χ4n) is 2.76. The zero-order chi connectivity index (χ0) is 14.8. The molecule has 1 heterocycles. The average molecular weight is 296 g/mol. The van der Waals surface area contributed by atoms with E-state index in [1.807, 2.05) is 20.0 Å². The van der Waals surface area contributed by atoms with Crippen molar-refractivity contribution in [3.8, 4) is 0 Å². The lowest BCUT2D eigenvalue weighted by Crippen LogP contribution is -2.45. The first-order valence-electron chi connectivity index (χ1n) is 7.19. The van der Waals surface area contributed by atoms with Crippen LogP contribution in [0.5, 0.6) is 0 Å². The van der Waals surface area contributed by atoms with Crippen LogP contribution in [0.4, 0.5) is 0 Å². The van der Waals surface area contributed by atoms with E-state index in [-0.39, 0.29) is 0 Å². The predicted octanol–water partition coefficient (Wildman–Crippen LogP) is 2.00. The zero-order valence-corrected chi connectivity index (χ0v) is 13.3. The maximum absolute atomic E-state index is 12.7. The lowest BCUT2D eigenvalue weighted by molar-refractivity contribution is 0.229. The fourth-order valence-corrected chi connectivity index (χ4v) is 4.40. The fraction of sp³-hybridized carbons (Fsp3) is 0.600. The molecular weight excluding hydrogens is 272 g/mol. The van der Waals surface area contributed by atoms with Crippen molar-refractivity contribution in [3.63, 3.8) is 0 Å². The van der Waals surface area contributed by atoms with Crippen LogP contribution in [0, 0.1) is 12.8 Å². The van der Waals surface area contributed by atoms with Gasteiger partial charge >= 0.3 is 0 Å². The summed E-state index contributed by atoms with van der Waals surface area (Å²) >= 11 is 0. The van der Waals surface area contributed by atoms with Crippen molar-refractivity contribution in [2.75, 3.05) is 20.1 Å². The molecule has 0 aromatic heterocycles. The van der Waals surface area contributed by atoms with E-state index in [4.69, 9.17) is 0 Å². The number of benzene rings is 1. The molecule has 1 aliphatic rings. The van der Waals surface area contributed by atoms with Crippen molar-refractivity contribution in [2.24, 2.45) is 5.92 Å². The van der Waals surface area contributed by atoms with Gasteiger partial charge in [0.1, 0.15) is 0 Å². The molecule has 112 valence electrons. The molecule has 1 aliphatic heterocycles. The van der Waals surface area contributed by atoms with Gasteiger partial charge in [0.05, 0.1) is 4.90 Å². The number of hydrogen-bond donors (Lipinski definition) is 1. The summed E-state index contributed by atoms with van der Waals surface area (Å²) in [6, 6.07) is 7.50. The molecule has 20 heavy (non-hydrogen) atoms. The number of piperidine rings is 1. The van der Waals surface area contributed by atoms with E-state index in [2.05, 4.69) is 12.2 Å². The summed E-state index contributed by atoms with van der Waals surface area (Å²) in [5.41, 5.74) is 0.975. The molecule has 4 nitrogen and oxygen atoms in total. The van der Waals surface area contributed by atoms with Crippen LogP contribution in [0.25, 0.3) is 0 Å². The third kappa shape index (κ3) is 3.22. The molecule has 1 N–H and O–H groups in total. The number of hydrogen-bond acceptors (Lipinski definition) is 3. The summed E-state index contributed by atoms with van der Waals surface area (Å²) in [7, 11) is -1.42. The highest BCUT2D eigenvalue weighted by Gasteiger charge is 2.31. The van der Waals surface area contributed by atoms with Gasteiger partial charge in [0.25, 0.3) is 0 Å². The molecule has 0 bridgehead atoms. The Bertz CT molecular complexity index is 557. The minimum Gasteiger partial charge on any atom is -0.317 e. The second-order valence-electron chi connectivity index (χ2n) is 5.66. The quantitative estimate of drug-likeness (QED) is 0.924. The topological polar surface area (TPSA) is 49.4 Å². The molecule has 0 aliphatic carbocycles. The van der Waals surface area contributed by atoms with E-state index in [1.54, 1.807) is 22.5 Å². The number of nitrogens with zero attached hydrogens (tertiary/aromatic N) is 1. The lowest BCUT2D eigenvalue weighted by Gasteiger charge is -2.35. The summed E-state index contributed by atoms with van der Waals surface area (Å²) in [6.07, 6.45) is 2.02. The van der Waals surface area contributed by atoms with Gasteiger partial charge in [0.15, 0.2) is 0 Å². The standard InChI is InChI=1S/C15H24N2O2S/c1-12-6-4-8-15(10-12)20(18,19)17-9-5-7-14(11-17)13(2)16-3/h4,6,8,10,13-14,16H,5,7,9,11H2,1-3H3. The normalized spacial score (nSPS) is 22.6. The molecule has 1 aromatic carbocycles. The van der Waals surface area contributed by atoms with Crippen LogP contribution < -0.4 is 5.32 Å². The van der Waals surface area contributed by atoms with E-state index in [9.17, 15) is 8.42 Å². The second-order valence-corrected chi connectivity index (χ2v) is 7.60. The maximum atomic E-state index is 12.7. The SMILES string of the molecule is CNC(C)C1CCCN(S(=O)(=O)c2cccc(C)c2)C1. The summed E-state index contributed by atoms with van der Waals surface area (Å²) in [5, 5.41) is 3.23. The van der Waals surface area contributed by atoms with Crippen molar-refractivity contribution in [1.29, 1.82) is 0 Å². The highest BCUT2D eigenvalue weighted by atomic mass is 32.2. The lowest BCUT2D eigenvalue weighted by atomic mass is 9.93. The molecule has 2 rings (SSSR count). The van der Waals surface area contributed by atoms with Gasteiger partial charge in [-0.15, -0.1) is 0 Å². The van der Waals surface area contributed by atoms with Gasteiger partial charge in [-0.2, -0.15) is 4.31 Å². The van der Waals surface area contributed by atoms with Crippen LogP contribution in [0.15, 0.2) is 29.2 Å². The van der Waals surface area contributed by atoms with Gasteiger partial charge in [-0.05, 0) is 57.4 Å². The highest BCUT2D eigenvalue weighted by Crippen LogP contribution is 2.25. The molecule has 1 saturated heterocycles. The van der Waals surface area contributed by atoms with E-state index in [0.29, 0.717) is 29.9 Å². The molecular formula is C15H24N2O2S. The molecule has 0 saturated carbocycles. The van der Waals surface area contributed by atoms with Crippen molar-refractivity contribution in [3.05, 3.63) is 29.8 Å². The first-order chi connectivity index (χ1) is 9.45. The highest BCUT2D eigenvalue weighted by molar-refractivity contribution is 7.89. The molecule has 5 heteroatoms. The Morgan fingerprint density at radius 3 is 2.80 bits per heavy atom. The monoisotopic (exact) mass is 296 g/mol. The number of sulfonamides is 1. The van der Waals surface area contributed by atoms with E-state index in [0.717, 1.165) is 18.4 Å².